The number of hydrogen-bond donors (Lipinski definition) is 1. The fourth-order valence-corrected chi connectivity index (χ4v) is 1.05. The first-order valence-corrected chi connectivity index (χ1v) is 3.22. The number of rotatable bonds is 0. The first-order valence-electron chi connectivity index (χ1n) is 3.22. The Kier molecular flexibility index (Phi) is 1.92. The van der Waals surface area contributed by atoms with E-state index in [1.165, 1.54) is 12.8 Å². The molecule has 0 amide bonds. The Bertz CT molecular complexity index is 108. The molecule has 1 heterocycles. The Morgan fingerprint density at radius 1 is 1.44 bits per heavy atom. The molecule has 0 spiro atoms. The number of nitrogens with zero attached hydrogens (tertiary/aromatic N) is 1. The highest BCUT2D eigenvalue weighted by atomic mass is 16.5. The van der Waals surface area contributed by atoms with Crippen LogP contribution in [0.5, 0.6) is 0 Å². The van der Waals surface area contributed by atoms with Crippen LogP contribution < -0.4 is 0 Å². The standard InChI is InChI=1S/C6H12N2O/c1-9-6(7)8-4-2-3-5-8/h7H,2-5H2,1H3. The molecule has 0 aliphatic carbocycles. The van der Waals surface area contributed by atoms with Crippen molar-refractivity contribution in [3.63, 3.8) is 0 Å². The molecule has 0 saturated carbocycles. The number of likely N-dealkylation sites (tertiary alicyclic amines) is 1. The molecule has 0 bridgehead atoms. The van der Waals surface area contributed by atoms with Crippen LogP contribution in [0.4, 0.5) is 0 Å². The molecule has 1 fully saturated rings. The monoisotopic (exact) mass is 128 g/mol. The van der Waals surface area contributed by atoms with Crippen LogP contribution in [0.3, 0.4) is 0 Å². The fourth-order valence-electron chi connectivity index (χ4n) is 1.05. The SMILES string of the molecule is COC(=N)N1CCCC1. The summed E-state index contributed by atoms with van der Waals surface area (Å²) in [6.45, 7) is 1.99. The van der Waals surface area contributed by atoms with Gasteiger partial charge in [-0.2, -0.15) is 0 Å². The molecule has 0 aromatic rings. The lowest BCUT2D eigenvalue weighted by atomic mass is 10.4. The zero-order valence-corrected chi connectivity index (χ0v) is 5.68. The summed E-state index contributed by atoms with van der Waals surface area (Å²) in [7, 11) is 1.54. The number of ether oxygens (including phenoxy) is 1. The van der Waals surface area contributed by atoms with E-state index in [-0.39, 0.29) is 0 Å². The van der Waals surface area contributed by atoms with Gasteiger partial charge in [0.1, 0.15) is 0 Å². The van der Waals surface area contributed by atoms with E-state index in [1.807, 2.05) is 4.90 Å². The minimum absolute atomic E-state index is 0.313. The van der Waals surface area contributed by atoms with Gasteiger partial charge in [0.15, 0.2) is 0 Å². The average molecular weight is 128 g/mol. The second-order valence-electron chi connectivity index (χ2n) is 2.20. The summed E-state index contributed by atoms with van der Waals surface area (Å²) in [6, 6.07) is 0.313. The van der Waals surface area contributed by atoms with E-state index in [1.54, 1.807) is 7.11 Å². The van der Waals surface area contributed by atoms with Gasteiger partial charge < -0.3 is 9.64 Å². The topological polar surface area (TPSA) is 36.3 Å². The molecule has 0 unspecified atom stereocenters. The van der Waals surface area contributed by atoms with Crippen molar-refractivity contribution in [2.75, 3.05) is 20.2 Å². The minimum atomic E-state index is 0.313. The van der Waals surface area contributed by atoms with Gasteiger partial charge in [0.05, 0.1) is 7.11 Å². The van der Waals surface area contributed by atoms with Gasteiger partial charge in [-0.1, -0.05) is 0 Å². The van der Waals surface area contributed by atoms with E-state index >= 15 is 0 Å². The predicted molar refractivity (Wildman–Crippen MR) is 35.5 cm³/mol. The van der Waals surface area contributed by atoms with Gasteiger partial charge in [-0.3, -0.25) is 5.41 Å². The molecule has 0 aromatic heterocycles. The van der Waals surface area contributed by atoms with Crippen molar-refractivity contribution >= 4 is 6.02 Å². The summed E-state index contributed by atoms with van der Waals surface area (Å²) in [5, 5.41) is 7.24. The molecule has 1 aliphatic heterocycles. The summed E-state index contributed by atoms with van der Waals surface area (Å²) in [5.41, 5.74) is 0. The van der Waals surface area contributed by atoms with Crippen LogP contribution in [-0.2, 0) is 4.74 Å². The molecule has 1 aliphatic rings. The lowest BCUT2D eigenvalue weighted by molar-refractivity contribution is 0.305. The Morgan fingerprint density at radius 2 is 2.00 bits per heavy atom. The van der Waals surface area contributed by atoms with E-state index in [0.717, 1.165) is 13.1 Å². The summed E-state index contributed by atoms with van der Waals surface area (Å²) < 4.78 is 4.74. The first kappa shape index (κ1) is 6.39. The van der Waals surface area contributed by atoms with Crippen molar-refractivity contribution in [1.82, 2.24) is 4.90 Å². The molecule has 0 radical (unpaired) electrons. The summed E-state index contributed by atoms with van der Waals surface area (Å²) in [5.74, 6) is 0. The van der Waals surface area contributed by atoms with Crippen molar-refractivity contribution in [2.24, 2.45) is 0 Å². The normalized spacial score (nSPS) is 18.1. The fraction of sp³-hybridized carbons (Fsp3) is 0.833. The van der Waals surface area contributed by atoms with Crippen LogP contribution in [0.25, 0.3) is 0 Å². The van der Waals surface area contributed by atoms with Crippen LogP contribution in [0.1, 0.15) is 12.8 Å². The minimum Gasteiger partial charge on any atom is -0.469 e. The highest BCUT2D eigenvalue weighted by Crippen LogP contribution is 2.06. The maximum atomic E-state index is 7.24. The molecule has 3 nitrogen and oxygen atoms in total. The van der Waals surface area contributed by atoms with Crippen molar-refractivity contribution in [3.8, 4) is 0 Å². The molecule has 0 aromatic carbocycles. The highest BCUT2D eigenvalue weighted by Gasteiger charge is 2.14. The molecule has 3 heteroatoms. The van der Waals surface area contributed by atoms with Gasteiger partial charge in [-0.25, -0.2) is 0 Å². The molecule has 1 rings (SSSR count). The molecular formula is C6H12N2O. The number of methoxy groups -OCH3 is 1. The Labute approximate surface area is 55.1 Å². The second-order valence-corrected chi connectivity index (χ2v) is 2.20. The zero-order chi connectivity index (χ0) is 6.69. The van der Waals surface area contributed by atoms with Crippen molar-refractivity contribution in [3.05, 3.63) is 0 Å². The van der Waals surface area contributed by atoms with Gasteiger partial charge >= 0.3 is 0 Å². The predicted octanol–water partition coefficient (Wildman–Crippen LogP) is 0.663. The van der Waals surface area contributed by atoms with Gasteiger partial charge in [-0.15, -0.1) is 0 Å². The molecule has 0 atom stereocenters. The second kappa shape index (κ2) is 2.71. The summed E-state index contributed by atoms with van der Waals surface area (Å²) in [6.07, 6.45) is 2.40. The zero-order valence-electron chi connectivity index (χ0n) is 5.68. The molecule has 1 N–H and O–H groups in total. The number of nitrogens with one attached hydrogen (secondary N) is 1. The molecule has 9 heavy (non-hydrogen) atoms. The lowest BCUT2D eigenvalue weighted by Crippen LogP contribution is -2.27. The van der Waals surface area contributed by atoms with Crippen LogP contribution in [-0.4, -0.2) is 31.1 Å². The van der Waals surface area contributed by atoms with Crippen LogP contribution in [0, 0.1) is 5.41 Å². The molecule has 52 valence electrons. The van der Waals surface area contributed by atoms with Crippen LogP contribution in [0.2, 0.25) is 0 Å². The Morgan fingerprint density at radius 3 is 2.44 bits per heavy atom. The number of amidine groups is 1. The van der Waals surface area contributed by atoms with Gasteiger partial charge in [-0.05, 0) is 12.8 Å². The lowest BCUT2D eigenvalue weighted by Gasteiger charge is -2.15. The largest absolute Gasteiger partial charge is 0.469 e. The van der Waals surface area contributed by atoms with Gasteiger partial charge in [0, 0.05) is 13.1 Å². The van der Waals surface area contributed by atoms with E-state index in [9.17, 15) is 0 Å². The van der Waals surface area contributed by atoms with Crippen molar-refractivity contribution in [1.29, 1.82) is 5.41 Å². The molecule has 1 saturated heterocycles. The molecular weight excluding hydrogens is 116 g/mol. The maximum Gasteiger partial charge on any atom is 0.284 e. The third-order valence-corrected chi connectivity index (χ3v) is 1.59. The van der Waals surface area contributed by atoms with E-state index in [0.29, 0.717) is 6.02 Å². The van der Waals surface area contributed by atoms with E-state index in [2.05, 4.69) is 0 Å². The maximum absolute atomic E-state index is 7.24. The van der Waals surface area contributed by atoms with Crippen LogP contribution in [0.15, 0.2) is 0 Å². The summed E-state index contributed by atoms with van der Waals surface area (Å²) >= 11 is 0. The first-order chi connectivity index (χ1) is 4.34. The highest BCUT2D eigenvalue weighted by molar-refractivity contribution is 5.70. The van der Waals surface area contributed by atoms with E-state index in [4.69, 9.17) is 10.1 Å². The van der Waals surface area contributed by atoms with Crippen molar-refractivity contribution < 1.29 is 4.74 Å². The van der Waals surface area contributed by atoms with E-state index < -0.39 is 0 Å². The third kappa shape index (κ3) is 1.34. The average Bonchev–Trinajstić information content (AvgIpc) is 2.37. The Hall–Kier alpha value is -0.730. The third-order valence-electron chi connectivity index (χ3n) is 1.59. The van der Waals surface area contributed by atoms with Crippen LogP contribution >= 0.6 is 0 Å². The van der Waals surface area contributed by atoms with Crippen molar-refractivity contribution in [2.45, 2.75) is 12.8 Å². The van der Waals surface area contributed by atoms with Gasteiger partial charge in [0.25, 0.3) is 6.02 Å². The van der Waals surface area contributed by atoms with Gasteiger partial charge in [0.2, 0.25) is 0 Å². The Balaban J connectivity index is 2.32. The smallest absolute Gasteiger partial charge is 0.284 e. The summed E-state index contributed by atoms with van der Waals surface area (Å²) in [4.78, 5) is 1.94. The quantitative estimate of drug-likeness (QED) is 0.384. The number of hydrogen-bond acceptors (Lipinski definition) is 2.